The number of thiophene rings is 2. The first-order valence-corrected chi connectivity index (χ1v) is 28.4. The lowest BCUT2D eigenvalue weighted by atomic mass is 9.55. The molecular weight excluding hydrogens is 1170 g/mol. The molecule has 0 bridgehead atoms. The average Bonchev–Trinajstić information content (AvgIpc) is 1.42. The third-order valence-electron chi connectivity index (χ3n) is 16.4. The summed E-state index contributed by atoms with van der Waals surface area (Å²) in [6.07, 6.45) is -19.4. The molecule has 0 unspecified atom stereocenters. The Morgan fingerprint density at radius 1 is 0.337 bits per heavy atom. The van der Waals surface area contributed by atoms with E-state index in [1.807, 2.05) is 60.7 Å². The SMILES string of the molecule is CC1(C)c2ccccc2C2(c3ccc(N(c4ccc(OC(F)(F)F)cc4)c4cccc5c4sc4c(C(F)(F)F)cccc45)cc3-c3cc(N(c4ccc(OC(F)(F)F)cc4)c4cccc5c4sc4c(C(F)(F)F)cccc45)ccc32)c2ccccc21. The Hall–Kier alpha value is -9.00. The molecule has 2 heterocycles. The zero-order valence-corrected chi connectivity index (χ0v) is 46.3. The second kappa shape index (κ2) is 19.3. The van der Waals surface area contributed by atoms with Gasteiger partial charge in [0, 0.05) is 59.1 Å². The van der Waals surface area contributed by atoms with Crippen molar-refractivity contribution in [1.82, 2.24) is 0 Å². The molecule has 14 rings (SSSR count). The van der Waals surface area contributed by atoms with Crippen LogP contribution in [0.1, 0.15) is 58.4 Å². The van der Waals surface area contributed by atoms with Gasteiger partial charge in [0.15, 0.2) is 0 Å². The second-order valence-electron chi connectivity index (χ2n) is 21.6. The molecule has 86 heavy (non-hydrogen) atoms. The molecule has 0 amide bonds. The van der Waals surface area contributed by atoms with Crippen molar-refractivity contribution in [3.8, 4) is 22.6 Å². The topological polar surface area (TPSA) is 24.9 Å². The molecule has 2 aliphatic rings. The highest BCUT2D eigenvalue weighted by atomic mass is 32.1. The number of ether oxygens (including phenoxy) is 2. The van der Waals surface area contributed by atoms with Crippen LogP contribution in [0.5, 0.6) is 11.5 Å². The number of alkyl halides is 12. The molecule has 18 heteroatoms. The number of halogens is 12. The molecule has 4 nitrogen and oxygen atoms in total. The van der Waals surface area contributed by atoms with Gasteiger partial charge in [0.2, 0.25) is 0 Å². The number of benzene rings is 10. The maximum absolute atomic E-state index is 14.7. The fourth-order valence-corrected chi connectivity index (χ4v) is 15.7. The number of hydrogen-bond acceptors (Lipinski definition) is 6. The van der Waals surface area contributed by atoms with Crippen molar-refractivity contribution in [2.45, 2.75) is 49.8 Å². The molecule has 0 radical (unpaired) electrons. The summed E-state index contributed by atoms with van der Waals surface area (Å²) >= 11 is 1.87. The minimum absolute atomic E-state index is 0.00886. The molecule has 0 aliphatic heterocycles. The predicted octanol–water partition coefficient (Wildman–Crippen LogP) is 22.2. The third-order valence-corrected chi connectivity index (χ3v) is 18.9. The lowest BCUT2D eigenvalue weighted by molar-refractivity contribution is -0.275. The number of rotatable bonds is 8. The van der Waals surface area contributed by atoms with Crippen LogP contribution >= 0.6 is 22.7 Å². The molecule has 0 atom stereocenters. The molecule has 0 saturated carbocycles. The summed E-state index contributed by atoms with van der Waals surface area (Å²) in [5.41, 5.74) is 6.09. The van der Waals surface area contributed by atoms with Gasteiger partial charge in [-0.15, -0.1) is 49.0 Å². The molecule has 2 aromatic heterocycles. The van der Waals surface area contributed by atoms with E-state index in [1.54, 1.807) is 58.3 Å². The van der Waals surface area contributed by atoms with Crippen LogP contribution in [0, 0.1) is 0 Å². The first-order valence-electron chi connectivity index (χ1n) is 26.7. The third kappa shape index (κ3) is 8.72. The Kier molecular flexibility index (Phi) is 12.3. The van der Waals surface area contributed by atoms with Crippen molar-refractivity contribution in [1.29, 1.82) is 0 Å². The molecule has 2 aliphatic carbocycles. The van der Waals surface area contributed by atoms with E-state index in [4.69, 9.17) is 0 Å². The Morgan fingerprint density at radius 3 is 1.03 bits per heavy atom. The summed E-state index contributed by atoms with van der Waals surface area (Å²) in [6, 6.07) is 56.5. The minimum Gasteiger partial charge on any atom is -0.406 e. The summed E-state index contributed by atoms with van der Waals surface area (Å²) < 4.78 is 180. The first kappa shape index (κ1) is 54.9. The fourth-order valence-electron chi connectivity index (χ4n) is 13.0. The highest BCUT2D eigenvalue weighted by Gasteiger charge is 2.54. The van der Waals surface area contributed by atoms with E-state index >= 15 is 0 Å². The van der Waals surface area contributed by atoms with Crippen molar-refractivity contribution < 1.29 is 62.2 Å². The predicted molar refractivity (Wildman–Crippen MR) is 314 cm³/mol. The van der Waals surface area contributed by atoms with E-state index < -0.39 is 58.5 Å². The van der Waals surface area contributed by atoms with Crippen LogP contribution in [0.4, 0.5) is 86.8 Å². The molecule has 0 saturated heterocycles. The molecule has 12 aromatic rings. The lowest BCUT2D eigenvalue weighted by Crippen LogP contribution is -2.40. The molecule has 430 valence electrons. The van der Waals surface area contributed by atoms with Gasteiger partial charge < -0.3 is 19.3 Å². The Labute approximate surface area is 489 Å². The summed E-state index contributed by atoms with van der Waals surface area (Å²) in [5.74, 6) is -1.02. The Balaban J connectivity index is 1.05. The van der Waals surface area contributed by atoms with E-state index in [0.717, 1.165) is 92.5 Å². The minimum atomic E-state index is -5.02. The van der Waals surface area contributed by atoms with Crippen molar-refractivity contribution in [2.24, 2.45) is 0 Å². The summed E-state index contributed by atoms with van der Waals surface area (Å²) in [6.45, 7) is 4.32. The summed E-state index contributed by atoms with van der Waals surface area (Å²) in [7, 11) is 0. The average molecular weight is 1210 g/mol. The van der Waals surface area contributed by atoms with Crippen LogP contribution in [-0.2, 0) is 23.2 Å². The van der Waals surface area contributed by atoms with Crippen molar-refractivity contribution in [2.75, 3.05) is 9.80 Å². The van der Waals surface area contributed by atoms with Gasteiger partial charge in [-0.25, -0.2) is 0 Å². The van der Waals surface area contributed by atoms with Gasteiger partial charge in [0.1, 0.15) is 11.5 Å². The maximum atomic E-state index is 14.7. The quantitative estimate of drug-likeness (QED) is 0.142. The number of fused-ring (bicyclic) bond motifs is 15. The second-order valence-corrected chi connectivity index (χ2v) is 23.6. The van der Waals surface area contributed by atoms with Crippen LogP contribution < -0.4 is 19.3 Å². The van der Waals surface area contributed by atoms with Gasteiger partial charge in [-0.2, -0.15) is 26.3 Å². The summed E-state index contributed by atoms with van der Waals surface area (Å²) in [4.78, 5) is 3.55. The normalized spacial score (nSPS) is 14.3. The van der Waals surface area contributed by atoms with Crippen molar-refractivity contribution in [3.63, 3.8) is 0 Å². The zero-order chi connectivity index (χ0) is 60.0. The molecule has 0 N–H and O–H groups in total. The van der Waals surface area contributed by atoms with Crippen LogP contribution in [0.25, 0.3) is 51.5 Å². The maximum Gasteiger partial charge on any atom is 0.573 e. The monoisotopic (exact) mass is 1210 g/mol. The van der Waals surface area contributed by atoms with E-state index in [-0.39, 0.29) is 9.40 Å². The van der Waals surface area contributed by atoms with Gasteiger partial charge in [0.25, 0.3) is 0 Å². The standard InChI is InChI=1S/C68H40F12N2O2S2/c1-63(2)51-15-3-5-17-53(51)64(54-18-6-4-16-52(54)63)49-33-27-39(81(37-23-29-41(30-24-37)83-67(75,76)77)57-21-9-13-45-43-11-7-19-55(65(69,70)71)59(43)85-61(45)57)35-47(49)48-36-40(28-34-50(48)64)82(38-25-31-42(32-26-38)84-68(78,79)80)58-22-10-14-46-44-12-8-20-56(66(72,73)74)60(44)86-62(46)58/h3-36H,1-2H3. The zero-order valence-electron chi connectivity index (χ0n) is 44.7. The van der Waals surface area contributed by atoms with Gasteiger partial charge in [-0.05, 0) is 142 Å². The molecular formula is C68H40F12N2O2S2. The molecule has 1 spiro atoms. The van der Waals surface area contributed by atoms with Crippen LogP contribution in [0.3, 0.4) is 0 Å². The Bertz CT molecular complexity index is 4420. The number of anilines is 6. The van der Waals surface area contributed by atoms with Crippen molar-refractivity contribution in [3.05, 3.63) is 251 Å². The Morgan fingerprint density at radius 2 is 0.674 bits per heavy atom. The van der Waals surface area contributed by atoms with Crippen LogP contribution in [-0.4, -0.2) is 12.7 Å². The van der Waals surface area contributed by atoms with E-state index in [0.29, 0.717) is 76.2 Å². The summed E-state index contributed by atoms with van der Waals surface area (Å²) in [5, 5.41) is 1.71. The van der Waals surface area contributed by atoms with Gasteiger partial charge in [-0.3, -0.25) is 0 Å². The van der Waals surface area contributed by atoms with Crippen molar-refractivity contribution >= 4 is 97.1 Å². The molecule has 0 fully saturated rings. The molecule has 10 aromatic carbocycles. The lowest BCUT2D eigenvalue weighted by Gasteiger charge is -2.46. The van der Waals surface area contributed by atoms with E-state index in [1.165, 1.54) is 36.4 Å². The van der Waals surface area contributed by atoms with Gasteiger partial charge in [-0.1, -0.05) is 123 Å². The smallest absolute Gasteiger partial charge is 0.406 e. The number of nitrogens with zero attached hydrogens (tertiary/aromatic N) is 2. The van der Waals surface area contributed by atoms with E-state index in [2.05, 4.69) is 47.6 Å². The van der Waals surface area contributed by atoms with Crippen LogP contribution in [0.15, 0.2) is 206 Å². The number of hydrogen-bond donors (Lipinski definition) is 0. The highest BCUT2D eigenvalue weighted by molar-refractivity contribution is 7.27. The van der Waals surface area contributed by atoms with Gasteiger partial charge >= 0.3 is 25.1 Å². The van der Waals surface area contributed by atoms with E-state index in [9.17, 15) is 52.7 Å². The largest absolute Gasteiger partial charge is 0.573 e. The highest BCUT2D eigenvalue weighted by Crippen LogP contribution is 2.64. The van der Waals surface area contributed by atoms with Crippen LogP contribution in [0.2, 0.25) is 0 Å². The fraction of sp³-hybridized carbons (Fsp3) is 0.118. The van der Waals surface area contributed by atoms with Gasteiger partial charge in [0.05, 0.1) is 37.3 Å². The first-order chi connectivity index (χ1) is 40.9.